The van der Waals surface area contributed by atoms with Gasteiger partial charge in [0, 0.05) is 67.5 Å². The Kier molecular flexibility index (Phi) is 9.86. The van der Waals surface area contributed by atoms with Crippen LogP contribution in [-0.4, -0.2) is 19.9 Å². The van der Waals surface area contributed by atoms with Gasteiger partial charge in [0.2, 0.25) is 11.4 Å². The Labute approximate surface area is 477 Å². The Bertz CT molecular complexity index is 5740. The molecular weight excluding hydrogens is 1040 g/mol. The molecule has 0 atom stereocenters. The minimum absolute atomic E-state index is 0.566. The predicted molar refractivity (Wildman–Crippen MR) is 339 cm³/mol. The third-order valence-electron chi connectivity index (χ3n) is 16.6. The SMILES string of the molecule is c1ccc2c(c1)cc(N(c1ccc3c(n1)oc1ccccc13)c1cccc3oc4c(-c5ccc(-c6ccc7ccc(N(c8ccc9c(n8)oc8ccccc89)c8cccc9oc%10ccncc%10c89)cc7c6)cc5)nccc4c13)c1ccccc12. The van der Waals surface area contributed by atoms with Crippen LogP contribution < -0.4 is 9.80 Å². The highest BCUT2D eigenvalue weighted by molar-refractivity contribution is 6.20. The molecular formula is C74H42N6O4. The van der Waals surface area contributed by atoms with E-state index in [0.29, 0.717) is 28.6 Å². The highest BCUT2D eigenvalue weighted by atomic mass is 16.3. The Morgan fingerprint density at radius 3 is 1.67 bits per heavy atom. The van der Waals surface area contributed by atoms with Crippen molar-refractivity contribution in [1.82, 2.24) is 19.9 Å². The summed E-state index contributed by atoms with van der Waals surface area (Å²) >= 11 is 0. The van der Waals surface area contributed by atoms with Crippen molar-refractivity contribution in [2.75, 3.05) is 9.80 Å². The van der Waals surface area contributed by atoms with Gasteiger partial charge in [0.1, 0.15) is 45.2 Å². The lowest BCUT2D eigenvalue weighted by Crippen LogP contribution is -2.12. The molecule has 0 aliphatic heterocycles. The van der Waals surface area contributed by atoms with E-state index in [1.807, 2.05) is 73.1 Å². The molecule has 0 saturated heterocycles. The molecule has 8 aromatic heterocycles. The summed E-state index contributed by atoms with van der Waals surface area (Å²) < 4.78 is 26.2. The van der Waals surface area contributed by atoms with Crippen molar-refractivity contribution in [1.29, 1.82) is 0 Å². The molecule has 0 N–H and O–H groups in total. The second kappa shape index (κ2) is 17.9. The molecule has 392 valence electrons. The molecule has 0 fully saturated rings. The van der Waals surface area contributed by atoms with Crippen LogP contribution in [-0.2, 0) is 0 Å². The highest BCUT2D eigenvalue weighted by Gasteiger charge is 2.26. The summed E-state index contributed by atoms with van der Waals surface area (Å²) in [5.74, 6) is 1.42. The largest absolute Gasteiger partial charge is 0.456 e. The maximum Gasteiger partial charge on any atom is 0.229 e. The first-order valence-corrected chi connectivity index (χ1v) is 27.9. The lowest BCUT2D eigenvalue weighted by atomic mass is 9.98. The summed E-state index contributed by atoms with van der Waals surface area (Å²) in [6.07, 6.45) is 5.51. The molecule has 10 heteroatoms. The monoisotopic (exact) mass is 1080 g/mol. The van der Waals surface area contributed by atoms with Crippen molar-refractivity contribution in [3.05, 3.63) is 255 Å². The van der Waals surface area contributed by atoms with Gasteiger partial charge in [-0.1, -0.05) is 140 Å². The summed E-state index contributed by atoms with van der Waals surface area (Å²) in [6.45, 7) is 0. The van der Waals surface area contributed by atoms with Gasteiger partial charge in [-0.05, 0) is 135 Å². The van der Waals surface area contributed by atoms with E-state index in [-0.39, 0.29) is 0 Å². The molecule has 84 heavy (non-hydrogen) atoms. The Morgan fingerprint density at radius 1 is 0.310 bits per heavy atom. The molecule has 10 nitrogen and oxygen atoms in total. The maximum atomic E-state index is 6.95. The van der Waals surface area contributed by atoms with Gasteiger partial charge in [-0.2, -0.15) is 9.97 Å². The standard InChI is InChI=1S/C74H42N6O4/c1-2-12-50-47(11-1)41-61(52-14-4-3-13-51(50)52)80(68-34-32-56-54-16-6-8-20-63(54)84-74(56)78-68)60-18-10-22-66-69(60)57-35-38-76-71(72(57)82-66)45-26-23-43(24-27-45)46-28-25-44-29-30-49(40-48(44)39-46)79(59-17-9-21-65-70(59)58-42-75-37-36-64(58)81-65)67-33-31-55-53-15-5-7-19-62(53)83-73(55)77-67/h1-42H. The Morgan fingerprint density at radius 2 is 0.905 bits per heavy atom. The molecule has 0 aliphatic rings. The molecule has 10 aromatic carbocycles. The molecule has 0 bridgehead atoms. The summed E-state index contributed by atoms with van der Waals surface area (Å²) in [5, 5.41) is 14.4. The fraction of sp³-hybridized carbons (Fsp3) is 0. The average Bonchev–Trinajstić information content (AvgIpc) is 4.44. The van der Waals surface area contributed by atoms with Crippen molar-refractivity contribution in [3.63, 3.8) is 0 Å². The minimum atomic E-state index is 0.566. The van der Waals surface area contributed by atoms with Crippen molar-refractivity contribution in [3.8, 4) is 22.4 Å². The van der Waals surface area contributed by atoms with Crippen molar-refractivity contribution in [2.24, 2.45) is 0 Å². The molecule has 18 aromatic rings. The Balaban J connectivity index is 0.746. The van der Waals surface area contributed by atoms with Crippen LogP contribution in [0.25, 0.3) is 143 Å². The quantitative estimate of drug-likeness (QED) is 0.136. The minimum Gasteiger partial charge on any atom is -0.456 e. The number of hydrogen-bond acceptors (Lipinski definition) is 10. The number of pyridine rings is 4. The van der Waals surface area contributed by atoms with Crippen LogP contribution in [0.2, 0.25) is 0 Å². The first-order chi connectivity index (χ1) is 41.6. The molecule has 0 aliphatic carbocycles. The zero-order chi connectivity index (χ0) is 55.0. The van der Waals surface area contributed by atoms with Gasteiger partial charge in [0.25, 0.3) is 0 Å². The maximum absolute atomic E-state index is 6.95. The molecule has 0 unspecified atom stereocenters. The van der Waals surface area contributed by atoms with E-state index in [1.165, 1.54) is 5.39 Å². The van der Waals surface area contributed by atoms with Crippen LogP contribution >= 0.6 is 0 Å². The summed E-state index contributed by atoms with van der Waals surface area (Å²) in [4.78, 5) is 24.5. The van der Waals surface area contributed by atoms with E-state index in [9.17, 15) is 0 Å². The highest BCUT2D eigenvalue weighted by Crippen LogP contribution is 2.49. The first-order valence-electron chi connectivity index (χ1n) is 27.9. The zero-order valence-electron chi connectivity index (χ0n) is 44.6. The van der Waals surface area contributed by atoms with E-state index in [1.54, 1.807) is 6.20 Å². The zero-order valence-corrected chi connectivity index (χ0v) is 44.6. The number of aromatic nitrogens is 4. The van der Waals surface area contributed by atoms with E-state index in [0.717, 1.165) is 143 Å². The molecule has 0 radical (unpaired) electrons. The van der Waals surface area contributed by atoms with Gasteiger partial charge >= 0.3 is 0 Å². The topological polar surface area (TPSA) is 111 Å². The number of anilines is 6. The predicted octanol–water partition coefficient (Wildman–Crippen LogP) is 20.6. The number of rotatable bonds is 8. The van der Waals surface area contributed by atoms with Crippen molar-refractivity contribution < 1.29 is 17.7 Å². The van der Waals surface area contributed by atoms with E-state index in [2.05, 4.69) is 191 Å². The lowest BCUT2D eigenvalue weighted by molar-refractivity contribution is 0.654. The van der Waals surface area contributed by atoms with Crippen molar-refractivity contribution >= 4 is 155 Å². The van der Waals surface area contributed by atoms with E-state index in [4.69, 9.17) is 32.6 Å². The number of benzene rings is 10. The third-order valence-corrected chi connectivity index (χ3v) is 16.6. The van der Waals surface area contributed by atoms with Crippen LogP contribution in [0.15, 0.2) is 273 Å². The van der Waals surface area contributed by atoms with Crippen LogP contribution in [0.4, 0.5) is 34.4 Å². The second-order valence-corrected chi connectivity index (χ2v) is 21.3. The molecule has 0 spiro atoms. The summed E-state index contributed by atoms with van der Waals surface area (Å²) in [5.41, 5.74) is 13.2. The third kappa shape index (κ3) is 7.04. The molecule has 0 amide bonds. The van der Waals surface area contributed by atoms with Crippen LogP contribution in [0.1, 0.15) is 0 Å². The van der Waals surface area contributed by atoms with E-state index >= 15 is 0 Å². The smallest absolute Gasteiger partial charge is 0.229 e. The van der Waals surface area contributed by atoms with E-state index < -0.39 is 0 Å². The normalized spacial score (nSPS) is 12.0. The number of nitrogens with zero attached hydrogens (tertiary/aromatic N) is 6. The van der Waals surface area contributed by atoms with Crippen LogP contribution in [0, 0.1) is 0 Å². The fourth-order valence-electron chi connectivity index (χ4n) is 12.8. The van der Waals surface area contributed by atoms with Crippen molar-refractivity contribution in [2.45, 2.75) is 0 Å². The number of furan rings is 4. The first kappa shape index (κ1) is 46.2. The summed E-state index contributed by atoms with van der Waals surface area (Å²) in [7, 11) is 0. The Hall–Kier alpha value is -11.6. The van der Waals surface area contributed by atoms with Crippen LogP contribution in [0.3, 0.4) is 0 Å². The van der Waals surface area contributed by atoms with Gasteiger partial charge in [-0.15, -0.1) is 0 Å². The average molecular weight is 1080 g/mol. The molecule has 8 heterocycles. The van der Waals surface area contributed by atoms with Gasteiger partial charge in [-0.25, -0.2) is 0 Å². The number of para-hydroxylation sites is 2. The number of fused-ring (bicyclic) bond motifs is 16. The summed E-state index contributed by atoms with van der Waals surface area (Å²) in [6, 6.07) is 82.1. The van der Waals surface area contributed by atoms with Gasteiger partial charge < -0.3 is 17.7 Å². The molecule has 0 saturated carbocycles. The second-order valence-electron chi connectivity index (χ2n) is 21.3. The van der Waals surface area contributed by atoms with Gasteiger partial charge in [0.05, 0.1) is 27.8 Å². The van der Waals surface area contributed by atoms with Gasteiger partial charge in [0.15, 0.2) is 5.58 Å². The van der Waals surface area contributed by atoms with Crippen LogP contribution in [0.5, 0.6) is 0 Å². The van der Waals surface area contributed by atoms with Gasteiger partial charge in [-0.3, -0.25) is 19.8 Å². The molecule has 18 rings (SSSR count). The lowest BCUT2D eigenvalue weighted by Gasteiger charge is -2.27. The fourth-order valence-corrected chi connectivity index (χ4v) is 12.8. The number of hydrogen-bond donors (Lipinski definition) is 0.